The first-order chi connectivity index (χ1) is 14.7. The third-order valence-electron chi connectivity index (χ3n) is 5.36. The molecule has 1 N–H and O–H groups in total. The predicted molar refractivity (Wildman–Crippen MR) is 113 cm³/mol. The lowest BCUT2D eigenvalue weighted by Crippen LogP contribution is -2.29. The van der Waals surface area contributed by atoms with E-state index in [1.807, 2.05) is 60.7 Å². The van der Waals surface area contributed by atoms with Crippen LogP contribution in [0.2, 0.25) is 0 Å². The predicted octanol–water partition coefficient (Wildman–Crippen LogP) is 3.89. The van der Waals surface area contributed by atoms with Crippen LogP contribution in [0, 0.1) is 0 Å². The maximum absolute atomic E-state index is 12.9. The van der Waals surface area contributed by atoms with Crippen molar-refractivity contribution >= 4 is 17.4 Å². The van der Waals surface area contributed by atoms with Gasteiger partial charge in [0.05, 0.1) is 24.2 Å². The highest BCUT2D eigenvalue weighted by Gasteiger charge is 2.32. The van der Waals surface area contributed by atoms with E-state index in [4.69, 9.17) is 14.7 Å². The molecule has 1 aliphatic heterocycles. The number of nitrogens with zero attached hydrogens (tertiary/aromatic N) is 3. The van der Waals surface area contributed by atoms with Gasteiger partial charge in [-0.1, -0.05) is 35.5 Å². The van der Waals surface area contributed by atoms with Crippen molar-refractivity contribution in [1.82, 2.24) is 9.78 Å². The molecule has 0 saturated heterocycles. The minimum Gasteiger partial charge on any atom is -0.496 e. The van der Waals surface area contributed by atoms with Crippen LogP contribution in [0.15, 0.2) is 65.8 Å². The van der Waals surface area contributed by atoms with Gasteiger partial charge in [0.15, 0.2) is 0 Å². The van der Waals surface area contributed by atoms with Crippen molar-refractivity contribution < 1.29 is 14.4 Å². The average molecular weight is 402 g/mol. The van der Waals surface area contributed by atoms with Crippen LogP contribution >= 0.6 is 0 Å². The van der Waals surface area contributed by atoms with Gasteiger partial charge >= 0.3 is 0 Å². The Morgan fingerprint density at radius 3 is 2.67 bits per heavy atom. The molecule has 1 fully saturated rings. The minimum atomic E-state index is -0.701. The lowest BCUT2D eigenvalue weighted by Gasteiger charge is -2.11. The molecule has 0 bridgehead atoms. The second kappa shape index (κ2) is 7.67. The van der Waals surface area contributed by atoms with Crippen LogP contribution in [0.4, 0.5) is 5.82 Å². The van der Waals surface area contributed by atoms with Crippen molar-refractivity contribution in [2.45, 2.75) is 31.3 Å². The summed E-state index contributed by atoms with van der Waals surface area (Å²) in [6.45, 7) is 0. The van der Waals surface area contributed by atoms with E-state index in [1.165, 1.54) is 0 Å². The summed E-state index contributed by atoms with van der Waals surface area (Å²) in [4.78, 5) is 18.4. The van der Waals surface area contributed by atoms with Gasteiger partial charge in [-0.15, -0.1) is 0 Å². The number of hydrogen-bond donors (Lipinski definition) is 1. The van der Waals surface area contributed by atoms with E-state index in [-0.39, 0.29) is 5.91 Å². The summed E-state index contributed by atoms with van der Waals surface area (Å²) in [6, 6.07) is 19.3. The number of ether oxygens (including phenoxy) is 1. The van der Waals surface area contributed by atoms with Gasteiger partial charge < -0.3 is 14.9 Å². The van der Waals surface area contributed by atoms with E-state index in [0.29, 0.717) is 29.6 Å². The van der Waals surface area contributed by atoms with E-state index in [9.17, 15) is 4.79 Å². The number of amides is 1. The molecule has 7 nitrogen and oxygen atoms in total. The molecule has 1 unspecified atom stereocenters. The Labute approximate surface area is 174 Å². The molecule has 3 aromatic rings. The molecule has 0 radical (unpaired) electrons. The number of rotatable bonds is 6. The second-order valence-electron chi connectivity index (χ2n) is 7.50. The zero-order valence-electron chi connectivity index (χ0n) is 16.6. The molecule has 7 heteroatoms. The second-order valence-corrected chi connectivity index (χ2v) is 7.50. The summed E-state index contributed by atoms with van der Waals surface area (Å²) in [5.74, 6) is 1.58. The van der Waals surface area contributed by atoms with E-state index >= 15 is 0 Å². The SMILES string of the molecule is COc1ccccc1C1=NOC(C(=O)Nc2cc(C3CC3)nn2-c2ccccc2)C1. The number of nitrogens with one attached hydrogen (secondary N) is 1. The lowest BCUT2D eigenvalue weighted by atomic mass is 10.0. The zero-order valence-corrected chi connectivity index (χ0v) is 16.6. The van der Waals surface area contributed by atoms with Gasteiger partial charge in [-0.05, 0) is 37.1 Å². The summed E-state index contributed by atoms with van der Waals surface area (Å²) < 4.78 is 7.18. The largest absolute Gasteiger partial charge is 0.496 e. The molecule has 2 aromatic carbocycles. The number of carbonyl (C=O) groups is 1. The van der Waals surface area contributed by atoms with Crippen molar-refractivity contribution in [3.63, 3.8) is 0 Å². The Bertz CT molecular complexity index is 1100. The molecule has 2 aliphatic rings. The van der Waals surface area contributed by atoms with Crippen molar-refractivity contribution in [2.24, 2.45) is 5.16 Å². The number of hydrogen-bond acceptors (Lipinski definition) is 5. The summed E-state index contributed by atoms with van der Waals surface area (Å²) in [7, 11) is 1.61. The molecule has 1 amide bonds. The maximum Gasteiger partial charge on any atom is 0.269 e. The normalized spacial score (nSPS) is 17.9. The number of para-hydroxylation sites is 2. The van der Waals surface area contributed by atoms with Gasteiger partial charge in [-0.2, -0.15) is 5.10 Å². The van der Waals surface area contributed by atoms with Crippen LogP contribution < -0.4 is 10.1 Å². The summed E-state index contributed by atoms with van der Waals surface area (Å²) in [5.41, 5.74) is 3.44. The van der Waals surface area contributed by atoms with Gasteiger partial charge in [0, 0.05) is 24.0 Å². The molecular formula is C23H22N4O3. The van der Waals surface area contributed by atoms with Crippen LogP contribution in [-0.2, 0) is 9.63 Å². The average Bonchev–Trinajstić information content (AvgIpc) is 3.37. The fourth-order valence-corrected chi connectivity index (χ4v) is 3.60. The molecule has 5 rings (SSSR count). The summed E-state index contributed by atoms with van der Waals surface area (Å²) in [6.07, 6.45) is 1.96. The molecule has 1 atom stereocenters. The van der Waals surface area contributed by atoms with E-state index in [2.05, 4.69) is 10.5 Å². The van der Waals surface area contributed by atoms with Gasteiger partial charge in [0.25, 0.3) is 5.91 Å². The quantitative estimate of drug-likeness (QED) is 0.679. The number of methoxy groups -OCH3 is 1. The molecule has 2 heterocycles. The van der Waals surface area contributed by atoms with Crippen molar-refractivity contribution in [1.29, 1.82) is 0 Å². The highest BCUT2D eigenvalue weighted by atomic mass is 16.6. The Balaban J connectivity index is 1.34. The number of carbonyl (C=O) groups excluding carboxylic acids is 1. The third kappa shape index (κ3) is 3.54. The number of benzene rings is 2. The molecule has 30 heavy (non-hydrogen) atoms. The fourth-order valence-electron chi connectivity index (χ4n) is 3.60. The minimum absolute atomic E-state index is 0.247. The van der Waals surface area contributed by atoms with Gasteiger partial charge in [0.1, 0.15) is 11.6 Å². The van der Waals surface area contributed by atoms with E-state index in [1.54, 1.807) is 11.8 Å². The molecule has 1 aromatic heterocycles. The Kier molecular flexibility index (Phi) is 4.71. The highest BCUT2D eigenvalue weighted by molar-refractivity contribution is 6.07. The first-order valence-corrected chi connectivity index (χ1v) is 10.1. The summed E-state index contributed by atoms with van der Waals surface area (Å²) >= 11 is 0. The number of aromatic nitrogens is 2. The molecule has 152 valence electrons. The smallest absolute Gasteiger partial charge is 0.269 e. The Hall–Kier alpha value is -3.61. The maximum atomic E-state index is 12.9. The van der Waals surface area contributed by atoms with Crippen LogP contribution in [0.25, 0.3) is 5.69 Å². The highest BCUT2D eigenvalue weighted by Crippen LogP contribution is 2.40. The summed E-state index contributed by atoms with van der Waals surface area (Å²) in [5, 5.41) is 11.8. The Morgan fingerprint density at radius 2 is 1.90 bits per heavy atom. The molecular weight excluding hydrogens is 380 g/mol. The first-order valence-electron chi connectivity index (χ1n) is 10.1. The number of anilines is 1. The molecule has 1 aliphatic carbocycles. The lowest BCUT2D eigenvalue weighted by molar-refractivity contribution is -0.125. The van der Waals surface area contributed by atoms with Crippen molar-refractivity contribution in [3.8, 4) is 11.4 Å². The van der Waals surface area contributed by atoms with Gasteiger partial charge in [-0.3, -0.25) is 4.79 Å². The van der Waals surface area contributed by atoms with Crippen LogP contribution in [0.5, 0.6) is 5.75 Å². The monoisotopic (exact) mass is 402 g/mol. The molecule has 0 spiro atoms. The molecule has 1 saturated carbocycles. The van der Waals surface area contributed by atoms with Crippen LogP contribution in [-0.4, -0.2) is 34.6 Å². The first kappa shape index (κ1) is 18.4. The van der Waals surface area contributed by atoms with Crippen molar-refractivity contribution in [3.05, 3.63) is 71.9 Å². The van der Waals surface area contributed by atoms with E-state index in [0.717, 1.165) is 29.8 Å². The van der Waals surface area contributed by atoms with Gasteiger partial charge in [0.2, 0.25) is 6.10 Å². The zero-order chi connectivity index (χ0) is 20.5. The standard InChI is InChI=1S/C23H22N4O3/c1-29-20-10-6-5-9-17(20)19-13-21(30-26-19)23(28)24-22-14-18(15-11-12-15)25-27(22)16-7-3-2-4-8-16/h2-10,14-15,21H,11-13H2,1H3,(H,24,28). The van der Waals surface area contributed by atoms with Crippen LogP contribution in [0.1, 0.15) is 36.4 Å². The van der Waals surface area contributed by atoms with Crippen LogP contribution in [0.3, 0.4) is 0 Å². The van der Waals surface area contributed by atoms with Crippen molar-refractivity contribution in [2.75, 3.05) is 12.4 Å². The number of oxime groups is 1. The Morgan fingerprint density at radius 1 is 1.13 bits per heavy atom. The topological polar surface area (TPSA) is 77.7 Å². The van der Waals surface area contributed by atoms with E-state index < -0.39 is 6.10 Å². The third-order valence-corrected chi connectivity index (χ3v) is 5.36. The van der Waals surface area contributed by atoms with Gasteiger partial charge in [-0.25, -0.2) is 4.68 Å². The fraction of sp³-hybridized carbons (Fsp3) is 0.261.